The zero-order valence-corrected chi connectivity index (χ0v) is 18.6. The summed E-state index contributed by atoms with van der Waals surface area (Å²) in [6.07, 6.45) is 9.28. The molecule has 1 aliphatic heterocycles. The van der Waals surface area contributed by atoms with Crippen molar-refractivity contribution in [1.29, 1.82) is 0 Å². The maximum atomic E-state index is 5.90. The van der Waals surface area contributed by atoms with Gasteiger partial charge in [-0.2, -0.15) is 5.10 Å². The van der Waals surface area contributed by atoms with Crippen molar-refractivity contribution in [2.24, 2.45) is 0 Å². The number of rotatable bonds is 6. The maximum absolute atomic E-state index is 5.90. The van der Waals surface area contributed by atoms with Crippen LogP contribution in [-0.2, 0) is 4.74 Å². The zero-order chi connectivity index (χ0) is 22.2. The first kappa shape index (κ1) is 21.9. The molecular formula is C25H29N5O2. The van der Waals surface area contributed by atoms with Gasteiger partial charge in [0.25, 0.3) is 0 Å². The molecule has 0 aliphatic carbocycles. The van der Waals surface area contributed by atoms with Gasteiger partial charge in [-0.15, -0.1) is 0 Å². The van der Waals surface area contributed by atoms with Crippen molar-refractivity contribution in [3.63, 3.8) is 0 Å². The van der Waals surface area contributed by atoms with Gasteiger partial charge >= 0.3 is 0 Å². The van der Waals surface area contributed by atoms with E-state index in [4.69, 9.17) is 9.47 Å². The molecule has 0 bridgehead atoms. The Morgan fingerprint density at radius 3 is 2.41 bits per heavy atom. The summed E-state index contributed by atoms with van der Waals surface area (Å²) in [5.41, 5.74) is 4.96. The van der Waals surface area contributed by atoms with E-state index in [1.807, 2.05) is 61.2 Å². The summed E-state index contributed by atoms with van der Waals surface area (Å²) in [4.78, 5) is 11.1. The molecule has 0 saturated carbocycles. The van der Waals surface area contributed by atoms with Crippen LogP contribution in [0.3, 0.4) is 0 Å². The molecule has 0 amide bonds. The lowest BCUT2D eigenvalue weighted by Gasteiger charge is -2.26. The Bertz CT molecular complexity index is 1110. The summed E-state index contributed by atoms with van der Waals surface area (Å²) in [5, 5.41) is 4.48. The predicted molar refractivity (Wildman–Crippen MR) is 126 cm³/mol. The lowest BCUT2D eigenvalue weighted by molar-refractivity contribution is 0.0322. The van der Waals surface area contributed by atoms with Crippen LogP contribution in [0, 0.1) is 0 Å². The number of nitrogens with zero attached hydrogens (tertiary/aromatic N) is 5. The van der Waals surface area contributed by atoms with Gasteiger partial charge in [-0.05, 0) is 35.4 Å². The predicted octanol–water partition coefficient (Wildman–Crippen LogP) is 4.20. The standard InChI is InChI=1S/C23H23N5O2.C2H6/c1-3-21(30-14-11-27-9-12-29-13-10-27)4-2-18(1)20-15-25-23-22(16-26-28(23)17-20)19-5-7-24-8-6-19;1-2/h1-8,15-17H,9-14H2;1-2H3. The molecule has 5 rings (SSSR count). The van der Waals surface area contributed by atoms with Crippen molar-refractivity contribution in [3.8, 4) is 28.0 Å². The van der Waals surface area contributed by atoms with E-state index in [2.05, 4.69) is 32.1 Å². The number of morpholine rings is 1. The summed E-state index contributed by atoms with van der Waals surface area (Å²) in [6.45, 7) is 9.19. The third kappa shape index (κ3) is 5.12. The Balaban J connectivity index is 0.00000119. The van der Waals surface area contributed by atoms with Gasteiger partial charge in [0, 0.05) is 55.5 Å². The molecule has 0 atom stereocenters. The fraction of sp³-hybridized carbons (Fsp3) is 0.320. The van der Waals surface area contributed by atoms with Crippen LogP contribution in [0.1, 0.15) is 13.8 Å². The van der Waals surface area contributed by atoms with Gasteiger partial charge in [0.2, 0.25) is 0 Å². The van der Waals surface area contributed by atoms with E-state index in [0.717, 1.165) is 66.5 Å². The van der Waals surface area contributed by atoms with Crippen molar-refractivity contribution in [2.45, 2.75) is 13.8 Å². The summed E-state index contributed by atoms with van der Waals surface area (Å²) in [7, 11) is 0. The number of hydrogen-bond acceptors (Lipinski definition) is 6. The minimum absolute atomic E-state index is 0.679. The van der Waals surface area contributed by atoms with Gasteiger partial charge in [-0.1, -0.05) is 26.0 Å². The Kier molecular flexibility index (Phi) is 7.42. The van der Waals surface area contributed by atoms with E-state index < -0.39 is 0 Å². The third-order valence-corrected chi connectivity index (χ3v) is 5.32. The van der Waals surface area contributed by atoms with E-state index in [9.17, 15) is 0 Å². The molecule has 1 fully saturated rings. The monoisotopic (exact) mass is 431 g/mol. The van der Waals surface area contributed by atoms with Gasteiger partial charge < -0.3 is 9.47 Å². The molecule has 166 valence electrons. The first-order chi connectivity index (χ1) is 15.9. The van der Waals surface area contributed by atoms with Gasteiger partial charge in [0.05, 0.1) is 19.4 Å². The minimum atomic E-state index is 0.679. The molecule has 4 aromatic rings. The quantitative estimate of drug-likeness (QED) is 0.456. The summed E-state index contributed by atoms with van der Waals surface area (Å²) < 4.78 is 13.1. The highest BCUT2D eigenvalue weighted by atomic mass is 16.5. The van der Waals surface area contributed by atoms with Crippen molar-refractivity contribution in [3.05, 3.63) is 67.4 Å². The van der Waals surface area contributed by atoms with Gasteiger partial charge in [-0.3, -0.25) is 9.88 Å². The number of benzene rings is 1. The van der Waals surface area contributed by atoms with Crippen molar-refractivity contribution in [1.82, 2.24) is 24.5 Å². The average molecular weight is 432 g/mol. The molecule has 0 radical (unpaired) electrons. The molecule has 0 unspecified atom stereocenters. The molecule has 1 aromatic carbocycles. The van der Waals surface area contributed by atoms with E-state index >= 15 is 0 Å². The van der Waals surface area contributed by atoms with Crippen LogP contribution in [0.25, 0.3) is 27.9 Å². The van der Waals surface area contributed by atoms with E-state index in [1.165, 1.54) is 0 Å². The third-order valence-electron chi connectivity index (χ3n) is 5.32. The molecule has 7 heteroatoms. The largest absolute Gasteiger partial charge is 0.492 e. The van der Waals surface area contributed by atoms with Crippen LogP contribution >= 0.6 is 0 Å². The highest BCUT2D eigenvalue weighted by molar-refractivity contribution is 5.77. The number of aromatic nitrogens is 4. The molecule has 0 N–H and O–H groups in total. The molecule has 3 aromatic heterocycles. The molecule has 32 heavy (non-hydrogen) atoms. The van der Waals surface area contributed by atoms with Gasteiger partial charge in [-0.25, -0.2) is 9.50 Å². The van der Waals surface area contributed by atoms with Crippen LogP contribution in [0.2, 0.25) is 0 Å². The lowest BCUT2D eigenvalue weighted by Crippen LogP contribution is -2.38. The molecular weight excluding hydrogens is 402 g/mol. The van der Waals surface area contributed by atoms with E-state index in [0.29, 0.717) is 6.61 Å². The van der Waals surface area contributed by atoms with Crippen LogP contribution in [0.15, 0.2) is 67.4 Å². The Hall–Kier alpha value is -3.29. The molecule has 1 saturated heterocycles. The second-order valence-corrected chi connectivity index (χ2v) is 7.23. The first-order valence-electron chi connectivity index (χ1n) is 11.1. The molecule has 0 spiro atoms. The van der Waals surface area contributed by atoms with Crippen LogP contribution < -0.4 is 4.74 Å². The van der Waals surface area contributed by atoms with Gasteiger partial charge in [0.15, 0.2) is 5.65 Å². The van der Waals surface area contributed by atoms with Crippen molar-refractivity contribution >= 4 is 5.65 Å². The smallest absolute Gasteiger partial charge is 0.162 e. The van der Waals surface area contributed by atoms with E-state index in [1.54, 1.807) is 12.4 Å². The number of pyridine rings is 1. The molecule has 1 aliphatic rings. The normalized spacial score (nSPS) is 14.1. The zero-order valence-electron chi connectivity index (χ0n) is 18.6. The SMILES string of the molecule is CC.c1cc(-c2cnn3cc(-c4ccc(OCCN5CCOCC5)cc4)cnc23)ccn1. The van der Waals surface area contributed by atoms with Gasteiger partial charge in [0.1, 0.15) is 12.4 Å². The number of ether oxygens (including phenoxy) is 2. The second kappa shape index (κ2) is 10.8. The Morgan fingerprint density at radius 2 is 1.66 bits per heavy atom. The fourth-order valence-corrected chi connectivity index (χ4v) is 3.62. The minimum Gasteiger partial charge on any atom is -0.492 e. The lowest BCUT2D eigenvalue weighted by atomic mass is 10.1. The van der Waals surface area contributed by atoms with E-state index in [-0.39, 0.29) is 0 Å². The van der Waals surface area contributed by atoms with Crippen LogP contribution in [0.5, 0.6) is 5.75 Å². The van der Waals surface area contributed by atoms with Crippen molar-refractivity contribution < 1.29 is 9.47 Å². The Labute approximate surface area is 188 Å². The summed E-state index contributed by atoms with van der Waals surface area (Å²) in [6, 6.07) is 12.0. The highest BCUT2D eigenvalue weighted by Gasteiger charge is 2.11. The molecule has 7 nitrogen and oxygen atoms in total. The average Bonchev–Trinajstić information content (AvgIpc) is 3.30. The van der Waals surface area contributed by atoms with Crippen molar-refractivity contribution in [2.75, 3.05) is 39.5 Å². The summed E-state index contributed by atoms with van der Waals surface area (Å²) >= 11 is 0. The first-order valence-corrected chi connectivity index (χ1v) is 11.1. The second-order valence-electron chi connectivity index (χ2n) is 7.23. The Morgan fingerprint density at radius 1 is 0.906 bits per heavy atom. The maximum Gasteiger partial charge on any atom is 0.162 e. The number of hydrogen-bond donors (Lipinski definition) is 0. The topological polar surface area (TPSA) is 64.8 Å². The molecule has 4 heterocycles. The van der Waals surface area contributed by atoms with Crippen LogP contribution in [0.4, 0.5) is 0 Å². The number of fused-ring (bicyclic) bond motifs is 1. The fourth-order valence-electron chi connectivity index (χ4n) is 3.62. The highest BCUT2D eigenvalue weighted by Crippen LogP contribution is 2.26. The summed E-state index contributed by atoms with van der Waals surface area (Å²) in [5.74, 6) is 0.875. The van der Waals surface area contributed by atoms with Crippen LogP contribution in [-0.4, -0.2) is 63.9 Å².